The highest BCUT2D eigenvalue weighted by Crippen LogP contribution is 2.34. The van der Waals surface area contributed by atoms with Gasteiger partial charge in [-0.15, -0.1) is 0 Å². The van der Waals surface area contributed by atoms with Gasteiger partial charge >= 0.3 is 6.18 Å². The summed E-state index contributed by atoms with van der Waals surface area (Å²) in [5.74, 6) is -0.809. The van der Waals surface area contributed by atoms with Crippen molar-refractivity contribution in [2.45, 2.75) is 26.2 Å². The minimum absolute atomic E-state index is 0.127. The summed E-state index contributed by atoms with van der Waals surface area (Å²) in [5.41, 5.74) is 1.28. The van der Waals surface area contributed by atoms with Crippen molar-refractivity contribution in [2.75, 3.05) is 33.2 Å². The third-order valence-electron chi connectivity index (χ3n) is 6.07. The zero-order chi connectivity index (χ0) is 24.3. The van der Waals surface area contributed by atoms with Gasteiger partial charge in [0, 0.05) is 39.3 Å². The number of aryl methyl sites for hydroxylation is 1. The Kier molecular flexibility index (Phi) is 7.04. The number of likely N-dealkylation sites (N-methyl/N-ethyl adjacent to an activating group) is 1. The summed E-state index contributed by atoms with van der Waals surface area (Å²) in [5, 5.41) is 6.53. The van der Waals surface area contributed by atoms with Crippen LogP contribution in [0.3, 0.4) is 0 Å². The van der Waals surface area contributed by atoms with Crippen molar-refractivity contribution in [3.05, 3.63) is 82.7 Å². The van der Waals surface area contributed by atoms with E-state index in [4.69, 9.17) is 0 Å². The number of hydrogen-bond acceptors (Lipinski definition) is 4. The zero-order valence-corrected chi connectivity index (χ0v) is 19.3. The van der Waals surface area contributed by atoms with Gasteiger partial charge in [-0.3, -0.25) is 9.69 Å². The number of nitrogens with zero attached hydrogens (tertiary/aromatic N) is 4. The second kappa shape index (κ2) is 9.99. The molecule has 0 bridgehead atoms. The van der Waals surface area contributed by atoms with E-state index in [0.717, 1.165) is 54.7 Å². The summed E-state index contributed by atoms with van der Waals surface area (Å²) in [6, 6.07) is 14.4. The molecule has 9 heteroatoms. The fourth-order valence-electron chi connectivity index (χ4n) is 4.15. The number of benzene rings is 2. The highest BCUT2D eigenvalue weighted by Gasteiger charge is 2.40. The van der Waals surface area contributed by atoms with Crippen LogP contribution in [0, 0.1) is 6.92 Å². The molecule has 1 fully saturated rings. The van der Waals surface area contributed by atoms with Gasteiger partial charge in [0.15, 0.2) is 5.69 Å². The molecule has 0 aliphatic carbocycles. The second-order valence-electron chi connectivity index (χ2n) is 8.68. The third-order valence-corrected chi connectivity index (χ3v) is 6.07. The molecule has 6 nitrogen and oxygen atoms in total. The lowest BCUT2D eigenvalue weighted by molar-refractivity contribution is -0.143. The molecule has 180 valence electrons. The Morgan fingerprint density at radius 1 is 1.03 bits per heavy atom. The second-order valence-corrected chi connectivity index (χ2v) is 8.68. The maximum atomic E-state index is 13.9. The first-order valence-corrected chi connectivity index (χ1v) is 11.2. The predicted molar refractivity (Wildman–Crippen MR) is 124 cm³/mol. The van der Waals surface area contributed by atoms with E-state index in [-0.39, 0.29) is 12.2 Å². The molecule has 1 aromatic heterocycles. The van der Waals surface area contributed by atoms with E-state index in [0.29, 0.717) is 5.56 Å². The van der Waals surface area contributed by atoms with E-state index in [2.05, 4.69) is 27.3 Å². The van der Waals surface area contributed by atoms with Gasteiger partial charge in [-0.05, 0) is 36.7 Å². The number of carbonyl (C=O) groups excluding carboxylic acids is 1. The predicted octanol–water partition coefficient (Wildman–Crippen LogP) is 3.88. The lowest BCUT2D eigenvalue weighted by atomic mass is 10.1. The minimum Gasteiger partial charge on any atom is -0.348 e. The molecule has 0 saturated carbocycles. The van der Waals surface area contributed by atoms with Crippen molar-refractivity contribution < 1.29 is 18.0 Å². The van der Waals surface area contributed by atoms with Crippen LogP contribution in [-0.4, -0.2) is 58.7 Å². The molecule has 0 atom stereocenters. The van der Waals surface area contributed by atoms with Crippen molar-refractivity contribution in [3.8, 4) is 5.69 Å². The smallest absolute Gasteiger partial charge is 0.348 e. The molecule has 1 amide bonds. The summed E-state index contributed by atoms with van der Waals surface area (Å²) in [6.45, 7) is 6.65. The van der Waals surface area contributed by atoms with E-state index < -0.39 is 23.3 Å². The van der Waals surface area contributed by atoms with Crippen LogP contribution < -0.4 is 5.32 Å². The zero-order valence-electron chi connectivity index (χ0n) is 19.3. The van der Waals surface area contributed by atoms with Crippen LogP contribution in [0.5, 0.6) is 0 Å². The maximum Gasteiger partial charge on any atom is 0.434 e. The molecule has 0 spiro atoms. The van der Waals surface area contributed by atoms with Crippen LogP contribution in [0.4, 0.5) is 13.2 Å². The summed E-state index contributed by atoms with van der Waals surface area (Å²) in [6.07, 6.45) is -3.76. The average Bonchev–Trinajstić information content (AvgIpc) is 3.25. The number of hydrogen-bond donors (Lipinski definition) is 1. The summed E-state index contributed by atoms with van der Waals surface area (Å²) in [4.78, 5) is 17.4. The normalized spacial score (nSPS) is 15.4. The quantitative estimate of drug-likeness (QED) is 0.593. The molecular weight excluding hydrogens is 443 g/mol. The van der Waals surface area contributed by atoms with E-state index in [1.165, 1.54) is 0 Å². The molecule has 1 N–H and O–H groups in total. The number of rotatable bonds is 6. The standard InChI is InChI=1S/C25H28F3N5O/c1-18-6-3-4-9-22(18)33-23(25(26,27)28)21(16-30-33)24(34)29-15-19-7-5-8-20(14-19)17-32-12-10-31(2)11-13-32/h3-9,14,16H,10-13,15,17H2,1-2H3,(H,29,34). The Hall–Kier alpha value is -3.17. The molecular formula is C25H28F3N5O. The van der Waals surface area contributed by atoms with Gasteiger partial charge in [0.1, 0.15) is 0 Å². The van der Waals surface area contributed by atoms with Crippen molar-refractivity contribution in [2.24, 2.45) is 0 Å². The fourth-order valence-corrected chi connectivity index (χ4v) is 4.15. The third kappa shape index (κ3) is 5.48. The monoisotopic (exact) mass is 471 g/mol. The molecule has 1 saturated heterocycles. The SMILES string of the molecule is Cc1ccccc1-n1ncc(C(=O)NCc2cccc(CN3CCN(C)CC3)c2)c1C(F)(F)F. The Labute approximate surface area is 197 Å². The van der Waals surface area contributed by atoms with Crippen LogP contribution in [-0.2, 0) is 19.3 Å². The number of aromatic nitrogens is 2. The minimum atomic E-state index is -4.74. The van der Waals surface area contributed by atoms with Gasteiger partial charge in [-0.1, -0.05) is 42.5 Å². The molecule has 3 aromatic rings. The van der Waals surface area contributed by atoms with E-state index in [9.17, 15) is 18.0 Å². The number of piperazine rings is 1. The molecule has 4 rings (SSSR count). The first-order valence-electron chi connectivity index (χ1n) is 11.2. The number of carbonyl (C=O) groups is 1. The Bertz CT molecular complexity index is 1150. The van der Waals surface area contributed by atoms with Crippen molar-refractivity contribution in [1.82, 2.24) is 24.9 Å². The van der Waals surface area contributed by atoms with Crippen molar-refractivity contribution >= 4 is 5.91 Å². The summed E-state index contributed by atoms with van der Waals surface area (Å²) in [7, 11) is 2.11. The van der Waals surface area contributed by atoms with Gasteiger partial charge in [0.2, 0.25) is 0 Å². The average molecular weight is 472 g/mol. The Balaban J connectivity index is 1.48. The lowest BCUT2D eigenvalue weighted by Crippen LogP contribution is -2.43. The van der Waals surface area contributed by atoms with Crippen LogP contribution in [0.2, 0.25) is 0 Å². The van der Waals surface area contributed by atoms with Gasteiger partial charge in [0.05, 0.1) is 17.4 Å². The van der Waals surface area contributed by atoms with Crippen molar-refractivity contribution in [1.29, 1.82) is 0 Å². The van der Waals surface area contributed by atoms with Crippen LogP contribution in [0.1, 0.15) is 32.7 Å². The topological polar surface area (TPSA) is 53.4 Å². The number of halogens is 3. The first-order chi connectivity index (χ1) is 16.2. The van der Waals surface area contributed by atoms with Gasteiger partial charge in [0.25, 0.3) is 5.91 Å². The van der Waals surface area contributed by atoms with Crippen molar-refractivity contribution in [3.63, 3.8) is 0 Å². The largest absolute Gasteiger partial charge is 0.434 e. The van der Waals surface area contributed by atoms with Crippen LogP contribution in [0.15, 0.2) is 54.7 Å². The molecule has 1 aliphatic heterocycles. The van der Waals surface area contributed by atoms with Crippen LogP contribution in [0.25, 0.3) is 5.69 Å². The number of nitrogens with one attached hydrogen (secondary N) is 1. The first kappa shape index (κ1) is 24.0. The number of para-hydroxylation sites is 1. The Morgan fingerprint density at radius 2 is 1.74 bits per heavy atom. The fraction of sp³-hybridized carbons (Fsp3) is 0.360. The number of amides is 1. The van der Waals surface area contributed by atoms with E-state index in [1.807, 2.05) is 24.3 Å². The number of alkyl halides is 3. The molecule has 2 heterocycles. The van der Waals surface area contributed by atoms with E-state index >= 15 is 0 Å². The highest BCUT2D eigenvalue weighted by atomic mass is 19.4. The van der Waals surface area contributed by atoms with E-state index in [1.54, 1.807) is 31.2 Å². The highest BCUT2D eigenvalue weighted by molar-refractivity contribution is 5.95. The molecule has 0 unspecified atom stereocenters. The molecule has 1 aliphatic rings. The molecule has 2 aromatic carbocycles. The van der Waals surface area contributed by atoms with Crippen LogP contribution >= 0.6 is 0 Å². The summed E-state index contributed by atoms with van der Waals surface area (Å²) < 4.78 is 42.6. The van der Waals surface area contributed by atoms with Gasteiger partial charge in [-0.2, -0.15) is 18.3 Å². The maximum absolute atomic E-state index is 13.9. The lowest BCUT2D eigenvalue weighted by Gasteiger charge is -2.32. The molecule has 0 radical (unpaired) electrons. The van der Waals surface area contributed by atoms with Gasteiger partial charge in [-0.25, -0.2) is 4.68 Å². The Morgan fingerprint density at radius 3 is 2.44 bits per heavy atom. The van der Waals surface area contributed by atoms with Gasteiger partial charge < -0.3 is 10.2 Å². The summed E-state index contributed by atoms with van der Waals surface area (Å²) >= 11 is 0. The molecule has 34 heavy (non-hydrogen) atoms.